The van der Waals surface area contributed by atoms with E-state index in [1.54, 1.807) is 0 Å². The van der Waals surface area contributed by atoms with E-state index >= 15 is 0 Å². The number of hydrogen-bond donors (Lipinski definition) is 3. The smallest absolute Gasteiger partial charge is 0.0556 e. The Bertz CT molecular complexity index is 1050. The maximum Gasteiger partial charge on any atom is 0.0556 e. The zero-order chi connectivity index (χ0) is 24.4. The predicted octanol–water partition coefficient (Wildman–Crippen LogP) is 6.96. The number of rotatable bonds is 4. The van der Waals surface area contributed by atoms with Crippen LogP contribution in [0.25, 0.3) is 0 Å². The summed E-state index contributed by atoms with van der Waals surface area (Å²) in [7, 11) is 0. The largest absolute Gasteiger partial charge is 0.335 e. The standard InChI is InChI=1S/C30H39N5S.5ClH/c1-3-9-29-27(7-1)35(28-8-2-4-10-30(28)36-29)24-26-13-11-25(12-14-26)23-34-21-6-17-32-19-18-31-15-5-16-33-20-22-34;;;;;/h1-4,7-14,31-33H,5-6,15-24H2;5*1H. The van der Waals surface area contributed by atoms with Crippen molar-refractivity contribution in [1.29, 1.82) is 0 Å². The minimum Gasteiger partial charge on any atom is -0.335 e. The Labute approximate surface area is 281 Å². The van der Waals surface area contributed by atoms with Gasteiger partial charge >= 0.3 is 0 Å². The van der Waals surface area contributed by atoms with Gasteiger partial charge in [-0.05, 0) is 74.4 Å². The van der Waals surface area contributed by atoms with Gasteiger partial charge in [0, 0.05) is 49.1 Å². The summed E-state index contributed by atoms with van der Waals surface area (Å²) in [6.45, 7) is 10.5. The van der Waals surface area contributed by atoms with Crippen molar-refractivity contribution in [2.45, 2.75) is 35.7 Å². The summed E-state index contributed by atoms with van der Waals surface area (Å²) in [6, 6.07) is 26.8. The summed E-state index contributed by atoms with van der Waals surface area (Å²) in [6.07, 6.45) is 2.37. The summed E-state index contributed by atoms with van der Waals surface area (Å²) in [5.41, 5.74) is 5.34. The van der Waals surface area contributed by atoms with Crippen LogP contribution in [0.4, 0.5) is 11.4 Å². The SMILES string of the molecule is Cl.Cl.Cl.Cl.Cl.c1ccc2c(c1)Sc1ccccc1N2Cc1ccc(CN2CCCNCCNCCCNCC2)cc1. The number of anilines is 2. The van der Waals surface area contributed by atoms with Gasteiger partial charge in [-0.25, -0.2) is 0 Å². The van der Waals surface area contributed by atoms with Crippen LogP contribution < -0.4 is 20.9 Å². The lowest BCUT2D eigenvalue weighted by atomic mass is 10.1. The Balaban J connectivity index is 0.00000320. The van der Waals surface area contributed by atoms with Gasteiger partial charge in [0.15, 0.2) is 0 Å². The first kappa shape index (κ1) is 40.1. The predicted molar refractivity (Wildman–Crippen MR) is 189 cm³/mol. The second kappa shape index (κ2) is 21.7. The molecule has 0 bridgehead atoms. The Morgan fingerprint density at radius 1 is 0.512 bits per heavy atom. The molecule has 3 aromatic rings. The van der Waals surface area contributed by atoms with Crippen molar-refractivity contribution in [1.82, 2.24) is 20.9 Å². The van der Waals surface area contributed by atoms with Crippen molar-refractivity contribution in [2.75, 3.05) is 57.3 Å². The molecule has 0 radical (unpaired) electrons. The summed E-state index contributed by atoms with van der Waals surface area (Å²) in [5.74, 6) is 0. The van der Waals surface area contributed by atoms with E-state index in [-0.39, 0.29) is 62.0 Å². The van der Waals surface area contributed by atoms with E-state index in [4.69, 9.17) is 0 Å². The van der Waals surface area contributed by atoms with Crippen molar-refractivity contribution < 1.29 is 0 Å². The van der Waals surface area contributed by atoms with Gasteiger partial charge in [-0.3, -0.25) is 4.90 Å². The molecule has 5 rings (SSSR count). The average Bonchev–Trinajstić information content (AvgIpc) is 2.91. The third kappa shape index (κ3) is 12.0. The molecule has 0 unspecified atom stereocenters. The number of nitrogens with one attached hydrogen (secondary N) is 3. The fourth-order valence-electron chi connectivity index (χ4n) is 4.97. The fourth-order valence-corrected chi connectivity index (χ4v) is 6.06. The van der Waals surface area contributed by atoms with Crippen LogP contribution in [0.1, 0.15) is 24.0 Å². The average molecular weight is 684 g/mol. The van der Waals surface area contributed by atoms with E-state index in [1.807, 2.05) is 11.8 Å². The number of halogens is 5. The highest BCUT2D eigenvalue weighted by molar-refractivity contribution is 7.99. The molecular weight excluding hydrogens is 640 g/mol. The minimum absolute atomic E-state index is 0. The highest BCUT2D eigenvalue weighted by Crippen LogP contribution is 2.48. The van der Waals surface area contributed by atoms with Crippen LogP contribution in [-0.4, -0.2) is 57.3 Å². The lowest BCUT2D eigenvalue weighted by molar-refractivity contribution is 0.260. The molecule has 41 heavy (non-hydrogen) atoms. The highest BCUT2D eigenvalue weighted by Gasteiger charge is 2.22. The van der Waals surface area contributed by atoms with Crippen LogP contribution in [0, 0.1) is 0 Å². The monoisotopic (exact) mass is 681 g/mol. The van der Waals surface area contributed by atoms with Crippen LogP contribution >= 0.6 is 73.8 Å². The number of para-hydroxylation sites is 2. The molecule has 0 aliphatic carbocycles. The number of fused-ring (bicyclic) bond motifs is 2. The first-order chi connectivity index (χ1) is 17.9. The molecule has 2 aliphatic rings. The third-order valence-corrected chi connectivity index (χ3v) is 8.05. The lowest BCUT2D eigenvalue weighted by Crippen LogP contribution is -2.36. The van der Waals surface area contributed by atoms with Gasteiger partial charge in [-0.15, -0.1) is 62.0 Å². The van der Waals surface area contributed by atoms with Crippen LogP contribution in [-0.2, 0) is 13.1 Å². The molecule has 11 heteroatoms. The molecule has 5 nitrogen and oxygen atoms in total. The summed E-state index contributed by atoms with van der Waals surface area (Å²) >= 11 is 1.87. The molecule has 230 valence electrons. The van der Waals surface area contributed by atoms with Gasteiger partial charge in [0.2, 0.25) is 0 Å². The quantitative estimate of drug-likeness (QED) is 0.277. The van der Waals surface area contributed by atoms with E-state index in [1.165, 1.54) is 45.1 Å². The third-order valence-electron chi connectivity index (χ3n) is 6.92. The van der Waals surface area contributed by atoms with Crippen molar-refractivity contribution in [3.05, 3.63) is 83.9 Å². The molecule has 0 spiro atoms. The van der Waals surface area contributed by atoms with Gasteiger partial charge in [0.05, 0.1) is 11.4 Å². The maximum atomic E-state index is 3.62. The summed E-state index contributed by atoms with van der Waals surface area (Å²) in [5, 5.41) is 10.7. The van der Waals surface area contributed by atoms with E-state index in [9.17, 15) is 0 Å². The topological polar surface area (TPSA) is 42.6 Å². The lowest BCUT2D eigenvalue weighted by Gasteiger charge is -2.33. The molecular formula is C30H44Cl5N5S. The van der Waals surface area contributed by atoms with E-state index < -0.39 is 0 Å². The van der Waals surface area contributed by atoms with Crippen molar-refractivity contribution in [3.63, 3.8) is 0 Å². The zero-order valence-corrected chi connectivity index (χ0v) is 28.2. The second-order valence-corrected chi connectivity index (χ2v) is 10.8. The fraction of sp³-hybridized carbons (Fsp3) is 0.400. The normalized spacial score (nSPS) is 16.0. The molecule has 2 heterocycles. The van der Waals surface area contributed by atoms with Gasteiger partial charge in [0.1, 0.15) is 0 Å². The molecule has 0 atom stereocenters. The molecule has 0 aromatic heterocycles. The number of hydrogen-bond acceptors (Lipinski definition) is 6. The van der Waals surface area contributed by atoms with Crippen molar-refractivity contribution in [2.24, 2.45) is 0 Å². The summed E-state index contributed by atoms with van der Waals surface area (Å²) in [4.78, 5) is 7.72. The Morgan fingerprint density at radius 3 is 1.59 bits per heavy atom. The Hall–Kier alpha value is -0.900. The molecule has 0 amide bonds. The first-order valence-electron chi connectivity index (χ1n) is 13.4. The second-order valence-electron chi connectivity index (χ2n) is 9.67. The molecule has 2 aliphatic heterocycles. The number of benzene rings is 3. The van der Waals surface area contributed by atoms with Gasteiger partial charge in [-0.2, -0.15) is 0 Å². The maximum absolute atomic E-state index is 3.62. The Morgan fingerprint density at radius 2 is 1.00 bits per heavy atom. The van der Waals surface area contributed by atoms with Gasteiger partial charge in [0.25, 0.3) is 0 Å². The van der Waals surface area contributed by atoms with Crippen LogP contribution in [0.3, 0.4) is 0 Å². The first-order valence-corrected chi connectivity index (χ1v) is 14.2. The Kier molecular flexibility index (Phi) is 21.3. The summed E-state index contributed by atoms with van der Waals surface area (Å²) < 4.78 is 0. The highest BCUT2D eigenvalue weighted by atomic mass is 35.5. The van der Waals surface area contributed by atoms with Crippen LogP contribution in [0.2, 0.25) is 0 Å². The molecule has 0 saturated carbocycles. The van der Waals surface area contributed by atoms with Gasteiger partial charge < -0.3 is 20.9 Å². The molecule has 3 N–H and O–H groups in total. The van der Waals surface area contributed by atoms with Crippen LogP contribution in [0.5, 0.6) is 0 Å². The van der Waals surface area contributed by atoms with E-state index in [2.05, 4.69) is 98.5 Å². The molecule has 3 aromatic carbocycles. The van der Waals surface area contributed by atoms with Crippen LogP contribution in [0.15, 0.2) is 82.6 Å². The minimum atomic E-state index is 0. The van der Waals surface area contributed by atoms with Crippen molar-refractivity contribution >= 4 is 85.2 Å². The number of nitrogens with zero attached hydrogens (tertiary/aromatic N) is 2. The van der Waals surface area contributed by atoms with E-state index in [0.29, 0.717) is 0 Å². The van der Waals surface area contributed by atoms with E-state index in [0.717, 1.165) is 65.4 Å². The molecule has 1 saturated heterocycles. The zero-order valence-electron chi connectivity index (χ0n) is 23.3. The molecule has 1 fully saturated rings. The van der Waals surface area contributed by atoms with Gasteiger partial charge in [-0.1, -0.05) is 60.3 Å². The van der Waals surface area contributed by atoms with Crippen molar-refractivity contribution in [3.8, 4) is 0 Å².